The van der Waals surface area contributed by atoms with Gasteiger partial charge in [-0.3, -0.25) is 4.79 Å². The highest BCUT2D eigenvalue weighted by Gasteiger charge is 2.32. The molecule has 2 atom stereocenters. The molecule has 2 unspecified atom stereocenters. The highest BCUT2D eigenvalue weighted by molar-refractivity contribution is 5.98. The first kappa shape index (κ1) is 11.9. The summed E-state index contributed by atoms with van der Waals surface area (Å²) in [4.78, 5) is 14.2. The molecule has 2 nitrogen and oxygen atoms in total. The van der Waals surface area contributed by atoms with E-state index in [1.165, 1.54) is 0 Å². The molecular weight excluding hydrogens is 210 g/mol. The second kappa shape index (κ2) is 4.74. The fourth-order valence-electron chi connectivity index (χ4n) is 2.43. The van der Waals surface area contributed by atoms with Crippen LogP contribution in [0.4, 0.5) is 0 Å². The van der Waals surface area contributed by atoms with Crippen molar-refractivity contribution in [3.8, 4) is 0 Å². The Balaban J connectivity index is 2.27. The molecule has 1 aliphatic rings. The predicted molar refractivity (Wildman–Crippen MR) is 69.8 cm³/mol. The monoisotopic (exact) mass is 229 g/mol. The minimum absolute atomic E-state index is 0.139. The summed E-state index contributed by atoms with van der Waals surface area (Å²) in [6, 6.07) is 7.99. The summed E-state index contributed by atoms with van der Waals surface area (Å²) in [5, 5.41) is 0. The number of nitrogens with zero attached hydrogens (tertiary/aromatic N) is 1. The number of fused-ring (bicyclic) bond motifs is 1. The molecule has 2 heteroatoms. The second-order valence-electron chi connectivity index (χ2n) is 4.70. The molecule has 0 aliphatic carbocycles. The summed E-state index contributed by atoms with van der Waals surface area (Å²) in [5.41, 5.74) is 1.98. The van der Waals surface area contributed by atoms with Gasteiger partial charge in [0.05, 0.1) is 6.04 Å². The van der Waals surface area contributed by atoms with Gasteiger partial charge in [-0.2, -0.15) is 0 Å². The van der Waals surface area contributed by atoms with Crippen molar-refractivity contribution in [2.45, 2.75) is 32.9 Å². The molecule has 1 aromatic carbocycles. The Morgan fingerprint density at radius 3 is 2.76 bits per heavy atom. The van der Waals surface area contributed by atoms with Crippen LogP contribution in [0.5, 0.6) is 0 Å². The molecule has 0 fully saturated rings. The molecule has 90 valence electrons. The van der Waals surface area contributed by atoms with E-state index in [0.717, 1.165) is 24.1 Å². The van der Waals surface area contributed by atoms with Gasteiger partial charge in [0.25, 0.3) is 5.91 Å². The predicted octanol–water partition coefficient (Wildman–Crippen LogP) is 3.24. The minimum Gasteiger partial charge on any atom is -0.328 e. The fraction of sp³-hybridized carbons (Fsp3) is 0.400. The summed E-state index contributed by atoms with van der Waals surface area (Å²) in [7, 11) is 0. The average molecular weight is 229 g/mol. The summed E-state index contributed by atoms with van der Waals surface area (Å²) in [6.07, 6.45) is 2.95. The SMILES string of the molecule is C=CC(C(C)CC)N1Cc2ccccc2C1=O. The van der Waals surface area contributed by atoms with Crippen LogP contribution in [-0.4, -0.2) is 16.8 Å². The second-order valence-corrected chi connectivity index (χ2v) is 4.70. The maximum atomic E-state index is 12.3. The van der Waals surface area contributed by atoms with Crippen molar-refractivity contribution >= 4 is 5.91 Å². The number of hydrogen-bond donors (Lipinski definition) is 0. The third-order valence-electron chi connectivity index (χ3n) is 3.68. The zero-order chi connectivity index (χ0) is 12.4. The molecule has 0 saturated heterocycles. The molecule has 1 amide bonds. The summed E-state index contributed by atoms with van der Waals surface area (Å²) in [6.45, 7) is 8.91. The van der Waals surface area contributed by atoms with Gasteiger partial charge in [-0.15, -0.1) is 6.58 Å². The van der Waals surface area contributed by atoms with E-state index in [1.54, 1.807) is 0 Å². The van der Waals surface area contributed by atoms with Crippen LogP contribution in [0.1, 0.15) is 36.2 Å². The zero-order valence-corrected chi connectivity index (χ0v) is 10.5. The first-order valence-electron chi connectivity index (χ1n) is 6.20. The zero-order valence-electron chi connectivity index (χ0n) is 10.5. The van der Waals surface area contributed by atoms with E-state index in [-0.39, 0.29) is 11.9 Å². The Hall–Kier alpha value is -1.57. The molecule has 0 radical (unpaired) electrons. The highest BCUT2D eigenvalue weighted by Crippen LogP contribution is 2.28. The van der Waals surface area contributed by atoms with Crippen LogP contribution < -0.4 is 0 Å². The average Bonchev–Trinajstić information content (AvgIpc) is 2.68. The van der Waals surface area contributed by atoms with E-state index >= 15 is 0 Å². The van der Waals surface area contributed by atoms with Gasteiger partial charge < -0.3 is 4.90 Å². The lowest BCUT2D eigenvalue weighted by atomic mass is 9.98. The van der Waals surface area contributed by atoms with Gasteiger partial charge in [-0.1, -0.05) is 44.5 Å². The van der Waals surface area contributed by atoms with Gasteiger partial charge in [0.15, 0.2) is 0 Å². The van der Waals surface area contributed by atoms with Crippen LogP contribution in [0.25, 0.3) is 0 Å². The molecular formula is C15H19NO. The van der Waals surface area contributed by atoms with Gasteiger partial charge in [0.1, 0.15) is 0 Å². The summed E-state index contributed by atoms with van der Waals surface area (Å²) in [5.74, 6) is 0.594. The quantitative estimate of drug-likeness (QED) is 0.726. The lowest BCUT2D eigenvalue weighted by Gasteiger charge is -2.29. The summed E-state index contributed by atoms with van der Waals surface area (Å²) >= 11 is 0. The Labute approximate surface area is 103 Å². The van der Waals surface area contributed by atoms with Crippen molar-refractivity contribution in [2.75, 3.05) is 0 Å². The molecule has 0 bridgehead atoms. The van der Waals surface area contributed by atoms with Crippen LogP contribution >= 0.6 is 0 Å². The molecule has 17 heavy (non-hydrogen) atoms. The van der Waals surface area contributed by atoms with Crippen LogP contribution in [0, 0.1) is 5.92 Å². The lowest BCUT2D eigenvalue weighted by Crippen LogP contribution is -2.38. The largest absolute Gasteiger partial charge is 0.328 e. The molecule has 1 aliphatic heterocycles. The Kier molecular flexibility index (Phi) is 3.32. The summed E-state index contributed by atoms with van der Waals surface area (Å²) < 4.78 is 0. The van der Waals surface area contributed by atoms with E-state index in [1.807, 2.05) is 35.2 Å². The Morgan fingerprint density at radius 1 is 1.47 bits per heavy atom. The number of rotatable bonds is 4. The topological polar surface area (TPSA) is 20.3 Å². The van der Waals surface area contributed by atoms with Crippen LogP contribution in [0.3, 0.4) is 0 Å². The molecule has 0 N–H and O–H groups in total. The number of benzene rings is 1. The van der Waals surface area contributed by atoms with Crippen molar-refractivity contribution in [3.05, 3.63) is 48.0 Å². The van der Waals surface area contributed by atoms with Gasteiger partial charge in [-0.05, 0) is 17.5 Å². The molecule has 0 aromatic heterocycles. The molecule has 2 rings (SSSR count). The van der Waals surface area contributed by atoms with Crippen molar-refractivity contribution < 1.29 is 4.79 Å². The van der Waals surface area contributed by atoms with Crippen molar-refractivity contribution in [2.24, 2.45) is 5.92 Å². The third-order valence-corrected chi connectivity index (χ3v) is 3.68. The van der Waals surface area contributed by atoms with Crippen LogP contribution in [0.2, 0.25) is 0 Å². The normalized spacial score (nSPS) is 17.8. The van der Waals surface area contributed by atoms with E-state index in [4.69, 9.17) is 0 Å². The van der Waals surface area contributed by atoms with Crippen molar-refractivity contribution in [1.29, 1.82) is 0 Å². The van der Waals surface area contributed by atoms with E-state index in [9.17, 15) is 4.79 Å². The first-order valence-corrected chi connectivity index (χ1v) is 6.20. The Bertz CT molecular complexity index is 438. The fourth-order valence-corrected chi connectivity index (χ4v) is 2.43. The molecule has 1 heterocycles. The molecule has 0 saturated carbocycles. The minimum atomic E-state index is 0.139. The number of carbonyl (C=O) groups is 1. The van der Waals surface area contributed by atoms with E-state index in [2.05, 4.69) is 20.4 Å². The van der Waals surface area contributed by atoms with Crippen molar-refractivity contribution in [1.82, 2.24) is 4.90 Å². The first-order chi connectivity index (χ1) is 8.19. The van der Waals surface area contributed by atoms with Crippen LogP contribution in [0.15, 0.2) is 36.9 Å². The number of carbonyl (C=O) groups excluding carboxylic acids is 1. The van der Waals surface area contributed by atoms with Crippen molar-refractivity contribution in [3.63, 3.8) is 0 Å². The van der Waals surface area contributed by atoms with E-state index < -0.39 is 0 Å². The number of amides is 1. The Morgan fingerprint density at radius 2 is 2.18 bits per heavy atom. The molecule has 0 spiro atoms. The highest BCUT2D eigenvalue weighted by atomic mass is 16.2. The van der Waals surface area contributed by atoms with Gasteiger partial charge in [0.2, 0.25) is 0 Å². The van der Waals surface area contributed by atoms with Gasteiger partial charge >= 0.3 is 0 Å². The molecule has 1 aromatic rings. The van der Waals surface area contributed by atoms with Gasteiger partial charge in [-0.25, -0.2) is 0 Å². The van der Waals surface area contributed by atoms with Crippen LogP contribution in [-0.2, 0) is 6.54 Å². The smallest absolute Gasteiger partial charge is 0.255 e. The van der Waals surface area contributed by atoms with Gasteiger partial charge in [0, 0.05) is 12.1 Å². The third kappa shape index (κ3) is 1.99. The lowest BCUT2D eigenvalue weighted by molar-refractivity contribution is 0.0693. The number of hydrogen-bond acceptors (Lipinski definition) is 1. The maximum Gasteiger partial charge on any atom is 0.255 e. The van der Waals surface area contributed by atoms with E-state index in [0.29, 0.717) is 5.92 Å². The standard InChI is InChI=1S/C15H19NO/c1-4-11(3)14(5-2)16-10-12-8-6-7-9-13(12)15(16)17/h5-9,11,14H,2,4,10H2,1,3H3. The maximum absolute atomic E-state index is 12.3.